The molecule has 22 heavy (non-hydrogen) atoms. The van der Waals surface area contributed by atoms with E-state index < -0.39 is 27.3 Å². The fraction of sp³-hybridized carbons (Fsp3) is 0.333. The highest BCUT2D eigenvalue weighted by Gasteiger charge is 2.38. The van der Waals surface area contributed by atoms with Crippen molar-refractivity contribution in [3.63, 3.8) is 0 Å². The number of nitrogens with one attached hydrogen (secondary N) is 1. The molecule has 2 rings (SSSR count). The SMILES string of the molecule is CC(C)S(=O)(=O)Nc1ccc(-c2noc(C(F)(F)F)n2)cc1. The van der Waals surface area contributed by atoms with Crippen LogP contribution in [0.4, 0.5) is 18.9 Å². The molecule has 0 bridgehead atoms. The van der Waals surface area contributed by atoms with Gasteiger partial charge in [0.1, 0.15) is 0 Å². The van der Waals surface area contributed by atoms with Gasteiger partial charge < -0.3 is 4.52 Å². The summed E-state index contributed by atoms with van der Waals surface area (Å²) in [6, 6.07) is 5.59. The van der Waals surface area contributed by atoms with E-state index in [1.807, 2.05) is 0 Å². The summed E-state index contributed by atoms with van der Waals surface area (Å²) in [4.78, 5) is 3.24. The van der Waals surface area contributed by atoms with Crippen molar-refractivity contribution in [1.29, 1.82) is 0 Å². The summed E-state index contributed by atoms with van der Waals surface area (Å²) in [5.74, 6) is -1.67. The van der Waals surface area contributed by atoms with Crippen molar-refractivity contribution in [3.05, 3.63) is 30.2 Å². The van der Waals surface area contributed by atoms with E-state index in [0.717, 1.165) is 0 Å². The lowest BCUT2D eigenvalue weighted by Gasteiger charge is -2.10. The second-order valence-electron chi connectivity index (χ2n) is 4.69. The van der Waals surface area contributed by atoms with E-state index in [4.69, 9.17) is 0 Å². The first kappa shape index (κ1) is 16.3. The first-order valence-corrected chi connectivity index (χ1v) is 7.67. The van der Waals surface area contributed by atoms with Crippen molar-refractivity contribution in [1.82, 2.24) is 10.1 Å². The van der Waals surface area contributed by atoms with Gasteiger partial charge in [-0.25, -0.2) is 8.42 Å². The molecule has 0 aliphatic heterocycles. The van der Waals surface area contributed by atoms with Crippen LogP contribution >= 0.6 is 0 Å². The van der Waals surface area contributed by atoms with Crippen LogP contribution in [0, 0.1) is 0 Å². The normalized spacial score (nSPS) is 12.6. The number of benzene rings is 1. The summed E-state index contributed by atoms with van der Waals surface area (Å²) in [7, 11) is -3.49. The van der Waals surface area contributed by atoms with Gasteiger partial charge in [-0.1, -0.05) is 5.16 Å². The molecular weight excluding hydrogens is 323 g/mol. The molecule has 0 saturated heterocycles. The molecule has 6 nitrogen and oxygen atoms in total. The first-order chi connectivity index (χ1) is 10.1. The van der Waals surface area contributed by atoms with E-state index in [1.54, 1.807) is 0 Å². The van der Waals surface area contributed by atoms with Crippen LogP contribution in [-0.2, 0) is 16.2 Å². The van der Waals surface area contributed by atoms with E-state index in [1.165, 1.54) is 38.1 Å². The Balaban J connectivity index is 2.21. The maximum atomic E-state index is 12.4. The van der Waals surface area contributed by atoms with Gasteiger partial charge in [0.05, 0.1) is 5.25 Å². The Labute approximate surface area is 124 Å². The van der Waals surface area contributed by atoms with Crippen LogP contribution in [-0.4, -0.2) is 23.8 Å². The summed E-state index contributed by atoms with van der Waals surface area (Å²) in [5.41, 5.74) is 0.559. The van der Waals surface area contributed by atoms with Gasteiger partial charge in [-0.3, -0.25) is 4.72 Å². The minimum atomic E-state index is -4.71. The van der Waals surface area contributed by atoms with Crippen LogP contribution < -0.4 is 4.72 Å². The number of nitrogens with zero attached hydrogens (tertiary/aromatic N) is 2. The Bertz CT molecular complexity index is 752. The average molecular weight is 335 g/mol. The Morgan fingerprint density at radius 2 is 1.77 bits per heavy atom. The number of rotatable bonds is 4. The summed E-state index contributed by atoms with van der Waals surface area (Å²) in [5, 5.41) is 2.63. The lowest BCUT2D eigenvalue weighted by Crippen LogP contribution is -2.22. The zero-order chi connectivity index (χ0) is 16.5. The molecule has 0 amide bonds. The summed E-state index contributed by atoms with van der Waals surface area (Å²) >= 11 is 0. The molecule has 1 aromatic heterocycles. The van der Waals surface area contributed by atoms with Crippen molar-refractivity contribution in [2.45, 2.75) is 25.3 Å². The third-order valence-corrected chi connectivity index (χ3v) is 4.45. The topological polar surface area (TPSA) is 85.1 Å². The molecule has 0 radical (unpaired) electrons. The Morgan fingerprint density at radius 3 is 2.23 bits per heavy atom. The maximum Gasteiger partial charge on any atom is 0.471 e. The lowest BCUT2D eigenvalue weighted by atomic mass is 10.2. The minimum absolute atomic E-state index is 0.231. The third kappa shape index (κ3) is 3.56. The monoisotopic (exact) mass is 335 g/mol. The molecule has 0 unspecified atom stereocenters. The van der Waals surface area contributed by atoms with Gasteiger partial charge in [-0.05, 0) is 38.1 Å². The van der Waals surface area contributed by atoms with Crippen LogP contribution in [0.5, 0.6) is 0 Å². The summed E-state index contributed by atoms with van der Waals surface area (Å²) < 4.78 is 67.0. The zero-order valence-corrected chi connectivity index (χ0v) is 12.4. The number of sulfonamides is 1. The molecule has 1 heterocycles. The molecule has 1 N–H and O–H groups in total. The van der Waals surface area contributed by atoms with Gasteiger partial charge in [-0.2, -0.15) is 18.2 Å². The molecular formula is C12H12F3N3O3S. The van der Waals surface area contributed by atoms with Crippen LogP contribution in [0.1, 0.15) is 19.7 Å². The number of alkyl halides is 3. The van der Waals surface area contributed by atoms with E-state index in [-0.39, 0.29) is 17.1 Å². The highest BCUT2D eigenvalue weighted by Crippen LogP contribution is 2.29. The van der Waals surface area contributed by atoms with Crippen molar-refractivity contribution < 1.29 is 26.1 Å². The summed E-state index contributed by atoms with van der Waals surface area (Å²) in [6.45, 7) is 3.05. The van der Waals surface area contributed by atoms with Gasteiger partial charge in [0.2, 0.25) is 15.8 Å². The van der Waals surface area contributed by atoms with Crippen LogP contribution in [0.15, 0.2) is 28.8 Å². The molecule has 120 valence electrons. The first-order valence-electron chi connectivity index (χ1n) is 6.12. The summed E-state index contributed by atoms with van der Waals surface area (Å²) in [6.07, 6.45) is -4.71. The highest BCUT2D eigenvalue weighted by atomic mass is 32.2. The van der Waals surface area contributed by atoms with Gasteiger partial charge >= 0.3 is 12.1 Å². The molecule has 0 saturated carbocycles. The van der Waals surface area contributed by atoms with Crippen molar-refractivity contribution in [3.8, 4) is 11.4 Å². The highest BCUT2D eigenvalue weighted by molar-refractivity contribution is 7.93. The Hall–Kier alpha value is -2.10. The van der Waals surface area contributed by atoms with E-state index in [9.17, 15) is 21.6 Å². The number of hydrogen-bond donors (Lipinski definition) is 1. The molecule has 10 heteroatoms. The number of aromatic nitrogens is 2. The average Bonchev–Trinajstić information content (AvgIpc) is 2.88. The molecule has 0 aliphatic rings. The van der Waals surface area contributed by atoms with Crippen LogP contribution in [0.25, 0.3) is 11.4 Å². The third-order valence-electron chi connectivity index (χ3n) is 2.69. The predicted octanol–water partition coefficient (Wildman–Crippen LogP) is 2.91. The van der Waals surface area contributed by atoms with Crippen molar-refractivity contribution in [2.24, 2.45) is 0 Å². The van der Waals surface area contributed by atoms with E-state index in [0.29, 0.717) is 0 Å². The molecule has 0 aliphatic carbocycles. The van der Waals surface area contributed by atoms with Crippen molar-refractivity contribution >= 4 is 15.7 Å². The molecule has 0 spiro atoms. The largest absolute Gasteiger partial charge is 0.471 e. The molecule has 1 aromatic carbocycles. The Morgan fingerprint density at radius 1 is 1.18 bits per heavy atom. The molecule has 0 fully saturated rings. The van der Waals surface area contributed by atoms with Crippen LogP contribution in [0.2, 0.25) is 0 Å². The zero-order valence-electron chi connectivity index (χ0n) is 11.5. The van der Waals surface area contributed by atoms with Crippen LogP contribution in [0.3, 0.4) is 0 Å². The quantitative estimate of drug-likeness (QED) is 0.928. The molecule has 0 atom stereocenters. The number of hydrogen-bond acceptors (Lipinski definition) is 5. The minimum Gasteiger partial charge on any atom is -0.329 e. The number of anilines is 1. The predicted molar refractivity (Wildman–Crippen MR) is 72.4 cm³/mol. The van der Waals surface area contributed by atoms with E-state index >= 15 is 0 Å². The number of halogens is 3. The van der Waals surface area contributed by atoms with Gasteiger partial charge in [0, 0.05) is 11.3 Å². The van der Waals surface area contributed by atoms with Gasteiger partial charge in [0.25, 0.3) is 0 Å². The smallest absolute Gasteiger partial charge is 0.329 e. The van der Waals surface area contributed by atoms with Gasteiger partial charge in [-0.15, -0.1) is 0 Å². The fourth-order valence-electron chi connectivity index (χ4n) is 1.43. The standard InChI is InChI=1S/C12H12F3N3O3S/c1-7(2)22(19,20)18-9-5-3-8(4-6-9)10-16-11(21-17-10)12(13,14)15/h3-7,18H,1-2H3. The maximum absolute atomic E-state index is 12.4. The second kappa shape index (κ2) is 5.59. The second-order valence-corrected chi connectivity index (χ2v) is 6.93. The van der Waals surface area contributed by atoms with Crippen molar-refractivity contribution in [2.75, 3.05) is 4.72 Å². The molecule has 2 aromatic rings. The van der Waals surface area contributed by atoms with Gasteiger partial charge in [0.15, 0.2) is 0 Å². The Kier molecular flexibility index (Phi) is 4.14. The van der Waals surface area contributed by atoms with E-state index in [2.05, 4.69) is 19.4 Å². The lowest BCUT2D eigenvalue weighted by molar-refractivity contribution is -0.159. The fourth-order valence-corrected chi connectivity index (χ4v) is 2.13.